The first kappa shape index (κ1) is 14.8. The van der Waals surface area contributed by atoms with Crippen molar-refractivity contribution in [3.8, 4) is 0 Å². The van der Waals surface area contributed by atoms with Crippen molar-refractivity contribution >= 4 is 11.7 Å². The monoisotopic (exact) mass is 276 g/mol. The number of amides is 1. The molecule has 110 valence electrons. The normalized spacial score (nSPS) is 15.9. The van der Waals surface area contributed by atoms with E-state index in [1.807, 2.05) is 12.1 Å². The predicted octanol–water partition coefficient (Wildman–Crippen LogP) is 1.68. The highest BCUT2D eigenvalue weighted by molar-refractivity contribution is 5.93. The topological polar surface area (TPSA) is 48.5 Å². The molecular formula is C15H24N4O. The molecule has 1 fully saturated rings. The van der Waals surface area contributed by atoms with E-state index in [0.717, 1.165) is 18.9 Å². The molecule has 20 heavy (non-hydrogen) atoms. The fourth-order valence-corrected chi connectivity index (χ4v) is 2.41. The molecule has 1 saturated heterocycles. The highest BCUT2D eigenvalue weighted by atomic mass is 16.2. The van der Waals surface area contributed by atoms with E-state index in [4.69, 9.17) is 0 Å². The van der Waals surface area contributed by atoms with Crippen LogP contribution in [0.3, 0.4) is 0 Å². The fraction of sp³-hybridized carbons (Fsp3) is 0.600. The van der Waals surface area contributed by atoms with Gasteiger partial charge >= 0.3 is 0 Å². The van der Waals surface area contributed by atoms with Crippen LogP contribution in [0.4, 0.5) is 5.82 Å². The van der Waals surface area contributed by atoms with Gasteiger partial charge in [0.05, 0.1) is 5.56 Å². The highest BCUT2D eigenvalue weighted by Gasteiger charge is 2.10. The molecule has 5 heteroatoms. The number of hydrogen-bond donors (Lipinski definition) is 1. The van der Waals surface area contributed by atoms with Gasteiger partial charge in [0.25, 0.3) is 5.91 Å². The zero-order valence-electron chi connectivity index (χ0n) is 12.4. The van der Waals surface area contributed by atoms with Gasteiger partial charge in [-0.1, -0.05) is 6.42 Å². The quantitative estimate of drug-likeness (QED) is 0.889. The van der Waals surface area contributed by atoms with Gasteiger partial charge in [-0.3, -0.25) is 4.79 Å². The summed E-state index contributed by atoms with van der Waals surface area (Å²) in [5.41, 5.74) is 0.622. The van der Waals surface area contributed by atoms with E-state index in [1.165, 1.54) is 32.4 Å². The first-order chi connectivity index (χ1) is 9.66. The smallest absolute Gasteiger partial charge is 0.254 e. The third-order valence-corrected chi connectivity index (χ3v) is 3.60. The molecular weight excluding hydrogens is 252 g/mol. The SMILES string of the molecule is CN(C)C(=O)c1ccc(NCCN2CCCCC2)nc1. The zero-order chi connectivity index (χ0) is 14.4. The summed E-state index contributed by atoms with van der Waals surface area (Å²) in [6.07, 6.45) is 5.64. The molecule has 2 heterocycles. The van der Waals surface area contributed by atoms with Gasteiger partial charge in [-0.05, 0) is 38.1 Å². The minimum absolute atomic E-state index is 0.0163. The number of likely N-dealkylation sites (tertiary alicyclic amines) is 1. The molecule has 2 rings (SSSR count). The number of pyridine rings is 1. The van der Waals surface area contributed by atoms with Gasteiger partial charge in [0, 0.05) is 33.4 Å². The molecule has 0 aromatic carbocycles. The molecule has 1 aromatic rings. The molecule has 1 amide bonds. The number of anilines is 1. The largest absolute Gasteiger partial charge is 0.369 e. The van der Waals surface area contributed by atoms with E-state index in [2.05, 4.69) is 15.2 Å². The van der Waals surface area contributed by atoms with Crippen molar-refractivity contribution in [3.05, 3.63) is 23.9 Å². The van der Waals surface area contributed by atoms with Crippen molar-refractivity contribution in [2.75, 3.05) is 45.6 Å². The number of nitrogens with one attached hydrogen (secondary N) is 1. The molecule has 0 unspecified atom stereocenters. The molecule has 0 spiro atoms. The summed E-state index contributed by atoms with van der Waals surface area (Å²) in [7, 11) is 3.49. The molecule has 0 radical (unpaired) electrons. The molecule has 5 nitrogen and oxygen atoms in total. The molecule has 0 atom stereocenters. The van der Waals surface area contributed by atoms with Crippen LogP contribution in [0.2, 0.25) is 0 Å². The van der Waals surface area contributed by atoms with Crippen molar-refractivity contribution in [3.63, 3.8) is 0 Å². The van der Waals surface area contributed by atoms with Gasteiger partial charge in [0.2, 0.25) is 0 Å². The molecule has 0 bridgehead atoms. The number of carbonyl (C=O) groups is 1. The Morgan fingerprint density at radius 3 is 2.65 bits per heavy atom. The second-order valence-electron chi connectivity index (χ2n) is 5.46. The van der Waals surface area contributed by atoms with Gasteiger partial charge in [0.15, 0.2) is 0 Å². The zero-order valence-corrected chi connectivity index (χ0v) is 12.4. The van der Waals surface area contributed by atoms with E-state index in [-0.39, 0.29) is 5.91 Å². The molecule has 1 aliphatic rings. The van der Waals surface area contributed by atoms with Crippen LogP contribution >= 0.6 is 0 Å². The number of carbonyl (C=O) groups excluding carboxylic acids is 1. The lowest BCUT2D eigenvalue weighted by molar-refractivity contribution is 0.0827. The Labute approximate surface area is 121 Å². The van der Waals surface area contributed by atoms with Crippen LogP contribution in [0.25, 0.3) is 0 Å². The Balaban J connectivity index is 1.77. The third-order valence-electron chi connectivity index (χ3n) is 3.60. The van der Waals surface area contributed by atoms with Crippen LogP contribution < -0.4 is 5.32 Å². The second kappa shape index (κ2) is 7.24. The minimum atomic E-state index is -0.0163. The molecule has 1 aromatic heterocycles. The number of piperidine rings is 1. The van der Waals surface area contributed by atoms with Crippen LogP contribution in [0, 0.1) is 0 Å². The highest BCUT2D eigenvalue weighted by Crippen LogP contribution is 2.09. The molecule has 0 aliphatic carbocycles. The van der Waals surface area contributed by atoms with Crippen molar-refractivity contribution in [2.45, 2.75) is 19.3 Å². The number of aromatic nitrogens is 1. The molecule has 0 saturated carbocycles. The number of hydrogen-bond acceptors (Lipinski definition) is 4. The van der Waals surface area contributed by atoms with Crippen molar-refractivity contribution in [2.24, 2.45) is 0 Å². The van der Waals surface area contributed by atoms with E-state index in [9.17, 15) is 4.79 Å². The minimum Gasteiger partial charge on any atom is -0.369 e. The Morgan fingerprint density at radius 1 is 1.30 bits per heavy atom. The Hall–Kier alpha value is -1.62. The van der Waals surface area contributed by atoms with Crippen molar-refractivity contribution < 1.29 is 4.79 Å². The summed E-state index contributed by atoms with van der Waals surface area (Å²) < 4.78 is 0. The number of rotatable bonds is 5. The van der Waals surface area contributed by atoms with Crippen LogP contribution in [0.5, 0.6) is 0 Å². The first-order valence-corrected chi connectivity index (χ1v) is 7.31. The maximum absolute atomic E-state index is 11.7. The summed E-state index contributed by atoms with van der Waals surface area (Å²) in [4.78, 5) is 20.1. The summed E-state index contributed by atoms with van der Waals surface area (Å²) in [6, 6.07) is 3.69. The Kier molecular flexibility index (Phi) is 5.35. The lowest BCUT2D eigenvalue weighted by Gasteiger charge is -2.26. The summed E-state index contributed by atoms with van der Waals surface area (Å²) in [6.45, 7) is 4.38. The average molecular weight is 276 g/mol. The van der Waals surface area contributed by atoms with Crippen LogP contribution in [0.1, 0.15) is 29.6 Å². The van der Waals surface area contributed by atoms with E-state index < -0.39 is 0 Å². The first-order valence-electron chi connectivity index (χ1n) is 7.31. The van der Waals surface area contributed by atoms with Gasteiger partial charge in [-0.15, -0.1) is 0 Å². The molecule has 1 N–H and O–H groups in total. The van der Waals surface area contributed by atoms with Gasteiger partial charge < -0.3 is 15.1 Å². The van der Waals surface area contributed by atoms with Crippen molar-refractivity contribution in [1.82, 2.24) is 14.8 Å². The third kappa shape index (κ3) is 4.20. The van der Waals surface area contributed by atoms with Crippen molar-refractivity contribution in [1.29, 1.82) is 0 Å². The lowest BCUT2D eigenvalue weighted by Crippen LogP contribution is -2.33. The molecule has 1 aliphatic heterocycles. The lowest BCUT2D eigenvalue weighted by atomic mass is 10.1. The van der Waals surface area contributed by atoms with Crippen LogP contribution in [-0.4, -0.2) is 61.0 Å². The van der Waals surface area contributed by atoms with E-state index in [1.54, 1.807) is 25.2 Å². The Morgan fingerprint density at radius 2 is 2.05 bits per heavy atom. The fourth-order valence-electron chi connectivity index (χ4n) is 2.41. The second-order valence-corrected chi connectivity index (χ2v) is 5.46. The summed E-state index contributed by atoms with van der Waals surface area (Å²) in [5, 5.41) is 3.31. The standard InChI is InChI=1S/C15H24N4O/c1-18(2)15(20)13-6-7-14(17-12-13)16-8-11-19-9-4-3-5-10-19/h6-7,12H,3-5,8-11H2,1-2H3,(H,16,17). The predicted molar refractivity (Wildman–Crippen MR) is 81.0 cm³/mol. The maximum Gasteiger partial charge on any atom is 0.254 e. The van der Waals surface area contributed by atoms with E-state index >= 15 is 0 Å². The van der Waals surface area contributed by atoms with E-state index in [0.29, 0.717) is 5.56 Å². The van der Waals surface area contributed by atoms with Gasteiger partial charge in [-0.25, -0.2) is 4.98 Å². The van der Waals surface area contributed by atoms with Gasteiger partial charge in [0.1, 0.15) is 5.82 Å². The van der Waals surface area contributed by atoms with Gasteiger partial charge in [-0.2, -0.15) is 0 Å². The maximum atomic E-state index is 11.7. The number of nitrogens with zero attached hydrogens (tertiary/aromatic N) is 3. The Bertz CT molecular complexity index is 424. The average Bonchev–Trinajstić information content (AvgIpc) is 2.48. The summed E-state index contributed by atoms with van der Waals surface area (Å²) in [5.74, 6) is 0.815. The van der Waals surface area contributed by atoms with Crippen LogP contribution in [0.15, 0.2) is 18.3 Å². The summed E-state index contributed by atoms with van der Waals surface area (Å²) >= 11 is 0. The van der Waals surface area contributed by atoms with Crippen LogP contribution in [-0.2, 0) is 0 Å².